The van der Waals surface area contributed by atoms with Crippen molar-refractivity contribution in [2.75, 3.05) is 13.1 Å². The highest BCUT2D eigenvalue weighted by atomic mass is 16.3. The quantitative estimate of drug-likeness (QED) is 0.884. The molecule has 1 aromatic heterocycles. The first-order chi connectivity index (χ1) is 11.2. The Balaban J connectivity index is 1.39. The van der Waals surface area contributed by atoms with E-state index in [0.29, 0.717) is 12.0 Å². The topological polar surface area (TPSA) is 70.4 Å². The first-order valence-corrected chi connectivity index (χ1v) is 8.36. The SMILES string of the molecule is CC1CC(C(=O)N2CCC(c3nc4ccccc4o3)CC2)NN1. The van der Waals surface area contributed by atoms with Gasteiger partial charge in [-0.15, -0.1) is 0 Å². The van der Waals surface area contributed by atoms with Gasteiger partial charge < -0.3 is 9.32 Å². The molecule has 6 nitrogen and oxygen atoms in total. The fraction of sp³-hybridized carbons (Fsp3) is 0.529. The molecule has 2 unspecified atom stereocenters. The van der Waals surface area contributed by atoms with Crippen LogP contribution in [0.25, 0.3) is 11.1 Å². The highest BCUT2D eigenvalue weighted by molar-refractivity contribution is 5.82. The fourth-order valence-corrected chi connectivity index (χ4v) is 3.51. The lowest BCUT2D eigenvalue weighted by Crippen LogP contribution is -2.48. The molecule has 6 heteroatoms. The predicted octanol–water partition coefficient (Wildman–Crippen LogP) is 1.79. The zero-order valence-electron chi connectivity index (χ0n) is 13.3. The van der Waals surface area contributed by atoms with Gasteiger partial charge in [0.05, 0.1) is 0 Å². The summed E-state index contributed by atoms with van der Waals surface area (Å²) in [6.45, 7) is 3.63. The van der Waals surface area contributed by atoms with E-state index >= 15 is 0 Å². The maximum atomic E-state index is 12.5. The third-order valence-corrected chi connectivity index (χ3v) is 4.86. The van der Waals surface area contributed by atoms with Crippen molar-refractivity contribution in [1.29, 1.82) is 0 Å². The molecule has 2 fully saturated rings. The summed E-state index contributed by atoms with van der Waals surface area (Å²) in [6, 6.07) is 8.11. The van der Waals surface area contributed by atoms with E-state index in [4.69, 9.17) is 4.42 Å². The van der Waals surface area contributed by atoms with Crippen molar-refractivity contribution >= 4 is 17.0 Å². The van der Waals surface area contributed by atoms with E-state index < -0.39 is 0 Å². The van der Waals surface area contributed by atoms with Crippen molar-refractivity contribution in [3.63, 3.8) is 0 Å². The molecule has 0 aliphatic carbocycles. The maximum Gasteiger partial charge on any atom is 0.241 e. The van der Waals surface area contributed by atoms with Gasteiger partial charge in [0.15, 0.2) is 11.5 Å². The second kappa shape index (κ2) is 5.94. The monoisotopic (exact) mass is 314 g/mol. The minimum atomic E-state index is -0.0918. The van der Waals surface area contributed by atoms with Gasteiger partial charge in [-0.1, -0.05) is 12.1 Å². The second-order valence-electron chi connectivity index (χ2n) is 6.60. The zero-order chi connectivity index (χ0) is 15.8. The molecule has 23 heavy (non-hydrogen) atoms. The van der Waals surface area contributed by atoms with Gasteiger partial charge in [-0.2, -0.15) is 0 Å². The minimum absolute atomic E-state index is 0.0918. The van der Waals surface area contributed by atoms with Crippen LogP contribution in [0.3, 0.4) is 0 Å². The highest BCUT2D eigenvalue weighted by Gasteiger charge is 2.33. The third-order valence-electron chi connectivity index (χ3n) is 4.86. The zero-order valence-corrected chi connectivity index (χ0v) is 13.3. The molecule has 0 saturated carbocycles. The Morgan fingerprint density at radius 3 is 2.74 bits per heavy atom. The average Bonchev–Trinajstić information content (AvgIpc) is 3.20. The van der Waals surface area contributed by atoms with Gasteiger partial charge in [0.2, 0.25) is 5.91 Å². The lowest BCUT2D eigenvalue weighted by atomic mass is 9.96. The summed E-state index contributed by atoms with van der Waals surface area (Å²) in [5.41, 5.74) is 7.97. The van der Waals surface area contributed by atoms with E-state index in [1.807, 2.05) is 29.2 Å². The summed E-state index contributed by atoms with van der Waals surface area (Å²) in [4.78, 5) is 19.1. The molecule has 2 aliphatic rings. The number of piperidine rings is 1. The fourth-order valence-electron chi connectivity index (χ4n) is 3.51. The van der Waals surface area contributed by atoms with Gasteiger partial charge in [-0.25, -0.2) is 10.4 Å². The molecule has 2 atom stereocenters. The Kier molecular flexibility index (Phi) is 3.79. The molecule has 3 heterocycles. The minimum Gasteiger partial charge on any atom is -0.440 e. The van der Waals surface area contributed by atoms with Gasteiger partial charge in [-0.3, -0.25) is 10.2 Å². The van der Waals surface area contributed by atoms with E-state index in [2.05, 4.69) is 22.8 Å². The molecule has 2 aromatic rings. The number of benzene rings is 1. The Labute approximate surface area is 135 Å². The van der Waals surface area contributed by atoms with Gasteiger partial charge >= 0.3 is 0 Å². The largest absolute Gasteiger partial charge is 0.440 e. The smallest absolute Gasteiger partial charge is 0.241 e. The molecule has 4 rings (SSSR count). The number of fused-ring (bicyclic) bond motifs is 1. The normalized spacial score (nSPS) is 26.0. The van der Waals surface area contributed by atoms with Gasteiger partial charge in [-0.05, 0) is 38.3 Å². The number of nitrogens with zero attached hydrogens (tertiary/aromatic N) is 2. The summed E-state index contributed by atoms with van der Waals surface area (Å²) in [7, 11) is 0. The van der Waals surface area contributed by atoms with E-state index in [-0.39, 0.29) is 11.9 Å². The number of hydrogen-bond donors (Lipinski definition) is 2. The van der Waals surface area contributed by atoms with Crippen LogP contribution in [0.5, 0.6) is 0 Å². The number of carbonyl (C=O) groups is 1. The molecular weight excluding hydrogens is 292 g/mol. The van der Waals surface area contributed by atoms with Crippen LogP contribution in [0.15, 0.2) is 28.7 Å². The molecular formula is C17H22N4O2. The molecule has 2 aliphatic heterocycles. The summed E-state index contributed by atoms with van der Waals surface area (Å²) in [6.07, 6.45) is 2.67. The van der Waals surface area contributed by atoms with E-state index in [0.717, 1.165) is 49.3 Å². The van der Waals surface area contributed by atoms with Crippen LogP contribution >= 0.6 is 0 Å². The van der Waals surface area contributed by atoms with Crippen LogP contribution in [0.1, 0.15) is 38.0 Å². The Morgan fingerprint density at radius 1 is 1.26 bits per heavy atom. The van der Waals surface area contributed by atoms with Crippen molar-refractivity contribution in [2.45, 2.75) is 44.2 Å². The summed E-state index contributed by atoms with van der Waals surface area (Å²) >= 11 is 0. The Morgan fingerprint density at radius 2 is 2.04 bits per heavy atom. The van der Waals surface area contributed by atoms with Crippen LogP contribution in [-0.4, -0.2) is 41.0 Å². The molecule has 1 aromatic carbocycles. The number of para-hydroxylation sites is 2. The third kappa shape index (κ3) is 2.84. The molecule has 0 bridgehead atoms. The standard InChI is InChI=1S/C17H22N4O2/c1-11-10-14(20-19-11)17(22)21-8-6-12(7-9-21)16-18-13-4-2-3-5-15(13)23-16/h2-5,11-12,14,19-20H,6-10H2,1H3. The van der Waals surface area contributed by atoms with Crippen molar-refractivity contribution in [3.8, 4) is 0 Å². The van der Waals surface area contributed by atoms with E-state index in [1.54, 1.807) is 0 Å². The number of oxazole rings is 1. The Hall–Kier alpha value is -1.92. The van der Waals surface area contributed by atoms with Crippen molar-refractivity contribution in [3.05, 3.63) is 30.2 Å². The molecule has 122 valence electrons. The first-order valence-electron chi connectivity index (χ1n) is 8.36. The van der Waals surface area contributed by atoms with Gasteiger partial charge in [0.25, 0.3) is 0 Å². The number of hydrogen-bond acceptors (Lipinski definition) is 5. The molecule has 0 spiro atoms. The maximum absolute atomic E-state index is 12.5. The summed E-state index contributed by atoms with van der Waals surface area (Å²) in [5.74, 6) is 1.32. The number of carbonyl (C=O) groups excluding carboxylic acids is 1. The van der Waals surface area contributed by atoms with Crippen LogP contribution in [0.2, 0.25) is 0 Å². The van der Waals surface area contributed by atoms with Crippen LogP contribution in [-0.2, 0) is 4.79 Å². The van der Waals surface area contributed by atoms with Crippen LogP contribution < -0.4 is 10.9 Å². The van der Waals surface area contributed by atoms with Crippen molar-refractivity contribution < 1.29 is 9.21 Å². The molecule has 2 N–H and O–H groups in total. The van der Waals surface area contributed by atoms with Crippen molar-refractivity contribution in [2.24, 2.45) is 0 Å². The van der Waals surface area contributed by atoms with E-state index in [9.17, 15) is 4.79 Å². The molecule has 0 radical (unpaired) electrons. The summed E-state index contributed by atoms with van der Waals surface area (Å²) < 4.78 is 5.88. The second-order valence-corrected chi connectivity index (χ2v) is 6.60. The molecule has 2 saturated heterocycles. The Bertz CT molecular complexity index is 672. The predicted molar refractivity (Wildman–Crippen MR) is 86.7 cm³/mol. The average molecular weight is 314 g/mol. The van der Waals surface area contributed by atoms with Crippen LogP contribution in [0.4, 0.5) is 0 Å². The first kappa shape index (κ1) is 14.7. The van der Waals surface area contributed by atoms with Gasteiger partial charge in [0, 0.05) is 25.0 Å². The molecule has 1 amide bonds. The van der Waals surface area contributed by atoms with E-state index in [1.165, 1.54) is 0 Å². The number of rotatable bonds is 2. The number of amides is 1. The number of aromatic nitrogens is 1. The van der Waals surface area contributed by atoms with Crippen LogP contribution in [0, 0.1) is 0 Å². The lowest BCUT2D eigenvalue weighted by Gasteiger charge is -2.32. The number of hydrazine groups is 1. The lowest BCUT2D eigenvalue weighted by molar-refractivity contribution is -0.134. The number of nitrogens with one attached hydrogen (secondary N) is 2. The summed E-state index contributed by atoms with van der Waals surface area (Å²) in [5, 5.41) is 0. The highest BCUT2D eigenvalue weighted by Crippen LogP contribution is 2.30. The number of likely N-dealkylation sites (tertiary alicyclic amines) is 1. The van der Waals surface area contributed by atoms with Gasteiger partial charge in [0.1, 0.15) is 11.6 Å². The van der Waals surface area contributed by atoms with Crippen molar-refractivity contribution in [1.82, 2.24) is 20.7 Å².